The number of piperazine rings is 1. The number of rotatable bonds is 6. The van der Waals surface area contributed by atoms with Crippen molar-refractivity contribution in [2.45, 2.75) is 25.8 Å². The van der Waals surface area contributed by atoms with Crippen LogP contribution in [0, 0.1) is 5.82 Å². The summed E-state index contributed by atoms with van der Waals surface area (Å²) in [5.74, 6) is -0.367. The lowest BCUT2D eigenvalue weighted by atomic mass is 10.1. The molecular weight excluding hydrogens is 357 g/mol. The van der Waals surface area contributed by atoms with Crippen LogP contribution in [-0.2, 0) is 9.59 Å². The quantitative estimate of drug-likeness (QED) is 0.834. The molecule has 0 bridgehead atoms. The van der Waals surface area contributed by atoms with Crippen LogP contribution in [0.5, 0.6) is 0 Å². The van der Waals surface area contributed by atoms with Crippen LogP contribution in [0.2, 0.25) is 0 Å². The maximum atomic E-state index is 13.0. The number of hydrogen-bond acceptors (Lipinski definition) is 3. The Morgan fingerprint density at radius 2 is 1.61 bits per heavy atom. The van der Waals surface area contributed by atoms with E-state index in [0.717, 1.165) is 11.3 Å². The first-order chi connectivity index (χ1) is 13.5. The SMILES string of the molecule is C[C@H](NC(=O)CCC(=O)N1CCN(c2ccc(F)cc2)CC1)c1ccccc1. The molecule has 3 rings (SSSR count). The highest BCUT2D eigenvalue weighted by Gasteiger charge is 2.22. The second kappa shape index (κ2) is 9.35. The first-order valence-electron chi connectivity index (χ1n) is 9.65. The predicted octanol–water partition coefficient (Wildman–Crippen LogP) is 3.13. The maximum absolute atomic E-state index is 13.0. The van der Waals surface area contributed by atoms with Gasteiger partial charge in [0, 0.05) is 44.7 Å². The van der Waals surface area contributed by atoms with E-state index < -0.39 is 0 Å². The van der Waals surface area contributed by atoms with Crippen molar-refractivity contribution < 1.29 is 14.0 Å². The van der Waals surface area contributed by atoms with Crippen molar-refractivity contribution >= 4 is 17.5 Å². The van der Waals surface area contributed by atoms with E-state index in [4.69, 9.17) is 0 Å². The predicted molar refractivity (Wildman–Crippen MR) is 107 cm³/mol. The normalized spacial score (nSPS) is 15.2. The third-order valence-corrected chi connectivity index (χ3v) is 5.07. The van der Waals surface area contributed by atoms with Crippen molar-refractivity contribution in [3.8, 4) is 0 Å². The molecule has 1 N–H and O–H groups in total. The van der Waals surface area contributed by atoms with Gasteiger partial charge >= 0.3 is 0 Å². The van der Waals surface area contributed by atoms with Crippen LogP contribution in [0.15, 0.2) is 54.6 Å². The molecule has 1 heterocycles. The van der Waals surface area contributed by atoms with E-state index in [1.807, 2.05) is 37.3 Å². The van der Waals surface area contributed by atoms with Crippen molar-refractivity contribution in [1.82, 2.24) is 10.2 Å². The van der Waals surface area contributed by atoms with Crippen molar-refractivity contribution in [3.05, 3.63) is 66.0 Å². The van der Waals surface area contributed by atoms with Crippen LogP contribution in [0.1, 0.15) is 31.4 Å². The summed E-state index contributed by atoms with van der Waals surface area (Å²) in [7, 11) is 0. The molecule has 0 aromatic heterocycles. The first-order valence-corrected chi connectivity index (χ1v) is 9.65. The monoisotopic (exact) mass is 383 g/mol. The summed E-state index contributed by atoms with van der Waals surface area (Å²) in [4.78, 5) is 28.5. The molecule has 1 saturated heterocycles. The van der Waals surface area contributed by atoms with E-state index in [1.54, 1.807) is 17.0 Å². The van der Waals surface area contributed by atoms with Crippen molar-refractivity contribution in [1.29, 1.82) is 0 Å². The molecule has 1 aliphatic rings. The third kappa shape index (κ3) is 5.31. The Kier molecular flexibility index (Phi) is 6.63. The molecule has 0 saturated carbocycles. The molecule has 2 aromatic rings. The molecule has 0 aliphatic carbocycles. The largest absolute Gasteiger partial charge is 0.368 e. The Hall–Kier alpha value is -2.89. The van der Waals surface area contributed by atoms with E-state index in [-0.39, 0.29) is 36.5 Å². The zero-order valence-corrected chi connectivity index (χ0v) is 16.1. The minimum atomic E-state index is -0.252. The van der Waals surface area contributed by atoms with Crippen molar-refractivity contribution in [2.75, 3.05) is 31.1 Å². The highest BCUT2D eigenvalue weighted by molar-refractivity contribution is 5.84. The van der Waals surface area contributed by atoms with Crippen LogP contribution in [-0.4, -0.2) is 42.9 Å². The summed E-state index contributed by atoms with van der Waals surface area (Å²) >= 11 is 0. The van der Waals surface area contributed by atoms with Crippen LogP contribution in [0.25, 0.3) is 0 Å². The van der Waals surface area contributed by atoms with Gasteiger partial charge in [-0.3, -0.25) is 9.59 Å². The zero-order chi connectivity index (χ0) is 19.9. The fraction of sp³-hybridized carbons (Fsp3) is 0.364. The summed E-state index contributed by atoms with van der Waals surface area (Å²) in [5, 5.41) is 2.94. The van der Waals surface area contributed by atoms with Gasteiger partial charge in [0.15, 0.2) is 0 Å². The third-order valence-electron chi connectivity index (χ3n) is 5.07. The molecule has 1 fully saturated rings. The minimum absolute atomic E-state index is 0.00118. The molecule has 6 heteroatoms. The number of benzene rings is 2. The Morgan fingerprint density at radius 1 is 0.964 bits per heavy atom. The maximum Gasteiger partial charge on any atom is 0.223 e. The summed E-state index contributed by atoms with van der Waals surface area (Å²) < 4.78 is 13.0. The summed E-state index contributed by atoms with van der Waals surface area (Å²) in [5.41, 5.74) is 2.00. The average Bonchev–Trinajstić information content (AvgIpc) is 2.73. The molecule has 2 amide bonds. The number of carbonyl (C=O) groups excluding carboxylic acids is 2. The Morgan fingerprint density at radius 3 is 2.25 bits per heavy atom. The minimum Gasteiger partial charge on any atom is -0.368 e. The number of hydrogen-bond donors (Lipinski definition) is 1. The first kappa shape index (κ1) is 19.9. The lowest BCUT2D eigenvalue weighted by molar-refractivity contribution is -0.134. The Labute approximate surface area is 165 Å². The van der Waals surface area contributed by atoms with E-state index in [0.29, 0.717) is 26.2 Å². The molecule has 28 heavy (non-hydrogen) atoms. The summed E-state index contributed by atoms with van der Waals surface area (Å²) in [6.45, 7) is 4.56. The molecule has 5 nitrogen and oxygen atoms in total. The van der Waals surface area contributed by atoms with Gasteiger partial charge in [0.05, 0.1) is 6.04 Å². The number of anilines is 1. The Bertz CT molecular complexity index is 787. The molecule has 1 atom stereocenters. The zero-order valence-electron chi connectivity index (χ0n) is 16.1. The second-order valence-corrected chi connectivity index (χ2v) is 7.04. The van der Waals surface area contributed by atoms with E-state index >= 15 is 0 Å². The topological polar surface area (TPSA) is 52.7 Å². The van der Waals surface area contributed by atoms with Crippen molar-refractivity contribution in [3.63, 3.8) is 0 Å². The smallest absolute Gasteiger partial charge is 0.223 e. The van der Waals surface area contributed by atoms with Gasteiger partial charge in [0.1, 0.15) is 5.82 Å². The number of nitrogens with one attached hydrogen (secondary N) is 1. The van der Waals surface area contributed by atoms with Crippen molar-refractivity contribution in [2.24, 2.45) is 0 Å². The van der Waals surface area contributed by atoms with Gasteiger partial charge in [-0.25, -0.2) is 4.39 Å². The molecule has 1 aliphatic heterocycles. The average molecular weight is 383 g/mol. The number of halogens is 1. The van der Waals surface area contributed by atoms with E-state index in [2.05, 4.69) is 10.2 Å². The van der Waals surface area contributed by atoms with Gasteiger partial charge in [0.2, 0.25) is 11.8 Å². The molecule has 148 valence electrons. The van der Waals surface area contributed by atoms with Gasteiger partial charge in [-0.15, -0.1) is 0 Å². The van der Waals surface area contributed by atoms with Gasteiger partial charge in [-0.05, 0) is 36.8 Å². The van der Waals surface area contributed by atoms with Gasteiger partial charge in [-0.2, -0.15) is 0 Å². The van der Waals surface area contributed by atoms with Crippen LogP contribution < -0.4 is 10.2 Å². The van der Waals surface area contributed by atoms with E-state index in [9.17, 15) is 14.0 Å². The fourth-order valence-corrected chi connectivity index (χ4v) is 3.38. The molecular formula is C22H26FN3O2. The lowest BCUT2D eigenvalue weighted by Crippen LogP contribution is -2.49. The van der Waals surface area contributed by atoms with Gasteiger partial charge < -0.3 is 15.1 Å². The summed E-state index contributed by atoms with van der Waals surface area (Å²) in [6, 6.07) is 16.1. The van der Waals surface area contributed by atoms with Crippen LogP contribution in [0.4, 0.5) is 10.1 Å². The second-order valence-electron chi connectivity index (χ2n) is 7.04. The van der Waals surface area contributed by atoms with Gasteiger partial charge in [0.25, 0.3) is 0 Å². The Balaban J connectivity index is 1.40. The molecule has 0 radical (unpaired) electrons. The highest BCUT2D eigenvalue weighted by Crippen LogP contribution is 2.17. The van der Waals surface area contributed by atoms with Crippen LogP contribution >= 0.6 is 0 Å². The highest BCUT2D eigenvalue weighted by atomic mass is 19.1. The number of nitrogens with zero attached hydrogens (tertiary/aromatic N) is 2. The lowest BCUT2D eigenvalue weighted by Gasteiger charge is -2.36. The number of amides is 2. The summed E-state index contributed by atoms with van der Waals surface area (Å²) in [6.07, 6.45) is 0.401. The van der Waals surface area contributed by atoms with Gasteiger partial charge in [-0.1, -0.05) is 30.3 Å². The fourth-order valence-electron chi connectivity index (χ4n) is 3.38. The standard InChI is InChI=1S/C22H26FN3O2/c1-17(18-5-3-2-4-6-18)24-21(27)11-12-22(28)26-15-13-25(14-16-26)20-9-7-19(23)8-10-20/h2-10,17H,11-16H2,1H3,(H,24,27)/t17-/m0/s1. The van der Waals surface area contributed by atoms with Crippen LogP contribution in [0.3, 0.4) is 0 Å². The molecule has 0 spiro atoms. The number of carbonyl (C=O) groups is 2. The molecule has 2 aromatic carbocycles. The van der Waals surface area contributed by atoms with E-state index in [1.165, 1.54) is 12.1 Å². The molecule has 0 unspecified atom stereocenters.